The van der Waals surface area contributed by atoms with Gasteiger partial charge < -0.3 is 10.6 Å². The van der Waals surface area contributed by atoms with Crippen molar-refractivity contribution in [1.82, 2.24) is 9.62 Å². The fraction of sp³-hybridized carbons (Fsp3) is 0.500. The largest absolute Gasteiger partial charge is 0.343 e. The Bertz CT molecular complexity index is 611. The van der Waals surface area contributed by atoms with E-state index in [-0.39, 0.29) is 29.8 Å². The Kier molecular flexibility index (Phi) is 5.49. The Morgan fingerprint density at radius 1 is 1.27 bits per heavy atom. The minimum Gasteiger partial charge on any atom is -0.343 e. The second-order valence-electron chi connectivity index (χ2n) is 5.32. The molecule has 0 saturated carbocycles. The monoisotopic (exact) mass is 329 g/mol. The molecule has 1 fully saturated rings. The lowest BCUT2D eigenvalue weighted by molar-refractivity contribution is -0.132. The molecule has 0 aliphatic carbocycles. The number of likely N-dealkylation sites (tertiary alicyclic amines) is 1. The van der Waals surface area contributed by atoms with Crippen LogP contribution in [0.4, 0.5) is 4.39 Å². The summed E-state index contributed by atoms with van der Waals surface area (Å²) in [6.45, 7) is 1.25. The number of sulfonamides is 1. The van der Waals surface area contributed by atoms with Crippen LogP contribution in [0.3, 0.4) is 0 Å². The second-order valence-corrected chi connectivity index (χ2v) is 7.09. The molecule has 0 radical (unpaired) electrons. The number of nitrogens with two attached hydrogens (primary N) is 1. The number of halogens is 1. The molecule has 1 aliphatic heterocycles. The molecule has 2 rings (SSSR count). The summed E-state index contributed by atoms with van der Waals surface area (Å²) in [5.41, 5.74) is 5.77. The molecule has 0 bridgehead atoms. The molecule has 1 heterocycles. The molecule has 6 nitrogen and oxygen atoms in total. The molecule has 1 amide bonds. The Balaban J connectivity index is 1.82. The Morgan fingerprint density at radius 3 is 2.45 bits per heavy atom. The fourth-order valence-corrected chi connectivity index (χ4v) is 3.33. The van der Waals surface area contributed by atoms with E-state index in [1.54, 1.807) is 4.90 Å². The van der Waals surface area contributed by atoms with Gasteiger partial charge in [0.25, 0.3) is 0 Å². The highest BCUT2D eigenvalue weighted by Crippen LogP contribution is 2.11. The van der Waals surface area contributed by atoms with Gasteiger partial charge in [0.15, 0.2) is 0 Å². The van der Waals surface area contributed by atoms with Gasteiger partial charge in [-0.05, 0) is 37.1 Å². The van der Waals surface area contributed by atoms with E-state index in [1.165, 1.54) is 12.1 Å². The molecule has 22 heavy (non-hydrogen) atoms. The molecule has 1 aromatic rings. The van der Waals surface area contributed by atoms with Gasteiger partial charge in [-0.15, -0.1) is 0 Å². The van der Waals surface area contributed by atoms with Crippen LogP contribution in [0.15, 0.2) is 29.2 Å². The molecule has 3 N–H and O–H groups in total. The number of carbonyl (C=O) groups is 1. The average Bonchev–Trinajstić information content (AvgIpc) is 2.48. The summed E-state index contributed by atoms with van der Waals surface area (Å²) in [6, 6.07) is 4.67. The Labute approximate surface area is 129 Å². The molecule has 1 aliphatic rings. The van der Waals surface area contributed by atoms with Crippen molar-refractivity contribution in [3.05, 3.63) is 30.1 Å². The van der Waals surface area contributed by atoms with E-state index in [0.29, 0.717) is 13.1 Å². The first-order valence-electron chi connectivity index (χ1n) is 7.17. The maximum absolute atomic E-state index is 12.8. The molecule has 122 valence electrons. The smallest absolute Gasteiger partial charge is 0.240 e. The normalized spacial score (nSPS) is 16.7. The molecular formula is C14H20FN3O3S. The van der Waals surface area contributed by atoms with Crippen molar-refractivity contribution in [2.45, 2.75) is 30.2 Å². The number of carbonyl (C=O) groups excluding carboxylic acids is 1. The number of hydrogen-bond donors (Lipinski definition) is 2. The van der Waals surface area contributed by atoms with Crippen molar-refractivity contribution >= 4 is 15.9 Å². The zero-order chi connectivity index (χ0) is 16.2. The predicted octanol–water partition coefficient (Wildman–Crippen LogP) is 0.444. The van der Waals surface area contributed by atoms with E-state index >= 15 is 0 Å². The molecular weight excluding hydrogens is 309 g/mol. The molecule has 8 heteroatoms. The number of benzene rings is 1. The van der Waals surface area contributed by atoms with Gasteiger partial charge in [0, 0.05) is 32.1 Å². The van der Waals surface area contributed by atoms with Crippen molar-refractivity contribution < 1.29 is 17.6 Å². The van der Waals surface area contributed by atoms with Crippen LogP contribution in [0.25, 0.3) is 0 Å². The third kappa shape index (κ3) is 4.49. The number of nitrogens with one attached hydrogen (secondary N) is 1. The molecule has 1 aromatic carbocycles. The van der Waals surface area contributed by atoms with E-state index in [1.807, 2.05) is 0 Å². The number of amides is 1. The van der Waals surface area contributed by atoms with Crippen molar-refractivity contribution in [2.24, 2.45) is 5.73 Å². The van der Waals surface area contributed by atoms with E-state index in [9.17, 15) is 17.6 Å². The summed E-state index contributed by atoms with van der Waals surface area (Å²) in [6.07, 6.45) is 1.63. The summed E-state index contributed by atoms with van der Waals surface area (Å²) in [4.78, 5) is 13.7. The van der Waals surface area contributed by atoms with E-state index < -0.39 is 15.8 Å². The third-order valence-electron chi connectivity index (χ3n) is 3.65. The fourth-order valence-electron chi connectivity index (χ4n) is 2.30. The van der Waals surface area contributed by atoms with Gasteiger partial charge >= 0.3 is 0 Å². The van der Waals surface area contributed by atoms with Crippen molar-refractivity contribution in [2.75, 3.05) is 19.6 Å². The number of nitrogens with zero attached hydrogens (tertiary/aromatic N) is 1. The van der Waals surface area contributed by atoms with E-state index in [0.717, 1.165) is 25.0 Å². The summed E-state index contributed by atoms with van der Waals surface area (Å²) >= 11 is 0. The van der Waals surface area contributed by atoms with Gasteiger partial charge in [-0.25, -0.2) is 17.5 Å². The lowest BCUT2D eigenvalue weighted by Crippen LogP contribution is -2.43. The standard InChI is InChI=1S/C14H20FN3O3S/c15-11-1-3-13(4-2-11)22(20,21)17-8-5-14(19)18-9-6-12(16)7-10-18/h1-4,12,17H,5-10,16H2. The highest BCUT2D eigenvalue weighted by atomic mass is 32.2. The van der Waals surface area contributed by atoms with Crippen LogP contribution in [0.5, 0.6) is 0 Å². The summed E-state index contributed by atoms with van der Waals surface area (Å²) in [5, 5.41) is 0. The van der Waals surface area contributed by atoms with Crippen molar-refractivity contribution in [1.29, 1.82) is 0 Å². The maximum atomic E-state index is 12.8. The molecule has 1 saturated heterocycles. The topological polar surface area (TPSA) is 92.5 Å². The lowest BCUT2D eigenvalue weighted by atomic mass is 10.1. The zero-order valence-electron chi connectivity index (χ0n) is 12.2. The Morgan fingerprint density at radius 2 is 1.86 bits per heavy atom. The molecule has 0 spiro atoms. The molecule has 0 aromatic heterocycles. The quantitative estimate of drug-likeness (QED) is 0.820. The first-order chi connectivity index (χ1) is 10.4. The molecule has 0 atom stereocenters. The van der Waals surface area contributed by atoms with Gasteiger partial charge in [0.1, 0.15) is 5.82 Å². The average molecular weight is 329 g/mol. The van der Waals surface area contributed by atoms with Crippen LogP contribution in [-0.2, 0) is 14.8 Å². The van der Waals surface area contributed by atoms with Gasteiger partial charge in [-0.1, -0.05) is 0 Å². The van der Waals surface area contributed by atoms with Gasteiger partial charge in [0.2, 0.25) is 15.9 Å². The number of rotatable bonds is 5. The SMILES string of the molecule is NC1CCN(C(=O)CCNS(=O)(=O)c2ccc(F)cc2)CC1. The lowest BCUT2D eigenvalue weighted by Gasteiger charge is -2.30. The number of piperidine rings is 1. The predicted molar refractivity (Wildman–Crippen MR) is 80.0 cm³/mol. The maximum Gasteiger partial charge on any atom is 0.240 e. The van der Waals surface area contributed by atoms with Crippen LogP contribution in [0.1, 0.15) is 19.3 Å². The summed E-state index contributed by atoms with van der Waals surface area (Å²) < 4.78 is 39.1. The first-order valence-corrected chi connectivity index (χ1v) is 8.65. The van der Waals surface area contributed by atoms with E-state index in [2.05, 4.69) is 4.72 Å². The summed E-state index contributed by atoms with van der Waals surface area (Å²) in [7, 11) is -3.72. The van der Waals surface area contributed by atoms with Crippen LogP contribution >= 0.6 is 0 Å². The van der Waals surface area contributed by atoms with Gasteiger partial charge in [-0.3, -0.25) is 4.79 Å². The molecule has 0 unspecified atom stereocenters. The minimum atomic E-state index is -3.72. The Hall–Kier alpha value is -1.51. The van der Waals surface area contributed by atoms with Crippen LogP contribution < -0.4 is 10.5 Å². The number of hydrogen-bond acceptors (Lipinski definition) is 4. The van der Waals surface area contributed by atoms with Crippen LogP contribution in [0, 0.1) is 5.82 Å². The first kappa shape index (κ1) is 16.9. The highest BCUT2D eigenvalue weighted by Gasteiger charge is 2.21. The highest BCUT2D eigenvalue weighted by molar-refractivity contribution is 7.89. The summed E-state index contributed by atoms with van der Waals surface area (Å²) in [5.74, 6) is -0.592. The van der Waals surface area contributed by atoms with Crippen LogP contribution in [-0.4, -0.2) is 44.9 Å². The van der Waals surface area contributed by atoms with Gasteiger partial charge in [-0.2, -0.15) is 0 Å². The third-order valence-corrected chi connectivity index (χ3v) is 5.12. The van der Waals surface area contributed by atoms with Crippen molar-refractivity contribution in [3.63, 3.8) is 0 Å². The van der Waals surface area contributed by atoms with E-state index in [4.69, 9.17) is 5.73 Å². The van der Waals surface area contributed by atoms with Crippen molar-refractivity contribution in [3.8, 4) is 0 Å². The zero-order valence-corrected chi connectivity index (χ0v) is 13.0. The minimum absolute atomic E-state index is 0.0150. The van der Waals surface area contributed by atoms with Gasteiger partial charge in [0.05, 0.1) is 4.90 Å². The second kappa shape index (κ2) is 7.17. The van der Waals surface area contributed by atoms with Crippen LogP contribution in [0.2, 0.25) is 0 Å².